The molecule has 1 fully saturated rings. The van der Waals surface area contributed by atoms with Gasteiger partial charge in [0, 0.05) is 24.1 Å². The molecule has 0 amide bonds. The Morgan fingerprint density at radius 1 is 1.24 bits per heavy atom. The van der Waals surface area contributed by atoms with Gasteiger partial charge < -0.3 is 10.0 Å². The number of aliphatic hydroxyl groups excluding tert-OH is 1. The molecule has 0 radical (unpaired) electrons. The Kier molecular flexibility index (Phi) is 4.91. The molecule has 7 nitrogen and oxygen atoms in total. The fourth-order valence-corrected chi connectivity index (χ4v) is 6.15. The van der Waals surface area contributed by atoms with E-state index in [9.17, 15) is 22.3 Å². The topological polar surface area (TPSA) is 95.4 Å². The number of nitrogens with one attached hydrogen (secondary N) is 1. The monoisotopic (exact) mass is 478 g/mol. The lowest BCUT2D eigenvalue weighted by Gasteiger charge is -2.43. The first-order valence-corrected chi connectivity index (χ1v) is 13.0. The molecule has 1 saturated heterocycles. The molecule has 33 heavy (non-hydrogen) atoms. The summed E-state index contributed by atoms with van der Waals surface area (Å²) >= 11 is 0. The molecule has 178 valence electrons. The summed E-state index contributed by atoms with van der Waals surface area (Å²) in [5.41, 5.74) is 2.97. The fraction of sp³-hybridized carbons (Fsp3) is 0.565. The summed E-state index contributed by atoms with van der Waals surface area (Å²) in [5.74, 6) is -2.81. The van der Waals surface area contributed by atoms with Crippen molar-refractivity contribution in [2.75, 3.05) is 17.7 Å². The van der Waals surface area contributed by atoms with Crippen LogP contribution in [0.1, 0.15) is 55.6 Å². The van der Waals surface area contributed by atoms with Crippen LogP contribution in [0.3, 0.4) is 0 Å². The fourth-order valence-electron chi connectivity index (χ4n) is 5.27. The van der Waals surface area contributed by atoms with Gasteiger partial charge in [0.1, 0.15) is 5.69 Å². The summed E-state index contributed by atoms with van der Waals surface area (Å²) in [5, 5.41) is 9.90. The number of sulfonamides is 1. The predicted molar refractivity (Wildman–Crippen MR) is 121 cm³/mol. The molecule has 3 aliphatic rings. The third-order valence-corrected chi connectivity index (χ3v) is 7.87. The Morgan fingerprint density at radius 3 is 2.61 bits per heavy atom. The van der Waals surface area contributed by atoms with E-state index in [-0.39, 0.29) is 42.0 Å². The van der Waals surface area contributed by atoms with Crippen LogP contribution in [0.25, 0.3) is 11.3 Å². The van der Waals surface area contributed by atoms with Crippen molar-refractivity contribution in [3.8, 4) is 11.3 Å². The zero-order valence-electron chi connectivity index (χ0n) is 19.1. The maximum absolute atomic E-state index is 14.7. The molecule has 0 spiro atoms. The van der Waals surface area contributed by atoms with E-state index in [1.165, 1.54) is 0 Å². The highest BCUT2D eigenvalue weighted by molar-refractivity contribution is 7.88. The number of β-amino-alcohol motifs (C(OH)–C–C–N with tert-alkyl or cyclic N) is 1. The normalized spacial score (nSPS) is 27.2. The van der Waals surface area contributed by atoms with E-state index in [0.29, 0.717) is 24.2 Å². The van der Waals surface area contributed by atoms with Gasteiger partial charge in [0.25, 0.3) is 5.92 Å². The second-order valence-corrected chi connectivity index (χ2v) is 12.0. The molecule has 0 bridgehead atoms. The summed E-state index contributed by atoms with van der Waals surface area (Å²) in [6.07, 6.45) is 1.15. The molecule has 10 heteroatoms. The van der Waals surface area contributed by atoms with Gasteiger partial charge in [-0.25, -0.2) is 23.1 Å². The number of hydrogen-bond donors (Lipinski definition) is 2. The average Bonchev–Trinajstić information content (AvgIpc) is 3.15. The Morgan fingerprint density at radius 2 is 1.97 bits per heavy atom. The van der Waals surface area contributed by atoms with Crippen molar-refractivity contribution < 1.29 is 22.3 Å². The van der Waals surface area contributed by atoms with Gasteiger partial charge in [-0.2, -0.15) is 8.78 Å². The van der Waals surface area contributed by atoms with E-state index >= 15 is 0 Å². The van der Waals surface area contributed by atoms with Gasteiger partial charge in [-0.1, -0.05) is 26.0 Å². The predicted octanol–water partition coefficient (Wildman–Crippen LogP) is 2.92. The zero-order valence-corrected chi connectivity index (χ0v) is 19.9. The number of nitrogens with zero attached hydrogens (tertiary/aromatic N) is 3. The van der Waals surface area contributed by atoms with Gasteiger partial charge >= 0.3 is 0 Å². The number of benzene rings is 1. The van der Waals surface area contributed by atoms with Crippen LogP contribution in [0.4, 0.5) is 14.7 Å². The van der Waals surface area contributed by atoms with Crippen molar-refractivity contribution in [3.05, 3.63) is 40.6 Å². The van der Waals surface area contributed by atoms with Crippen LogP contribution in [0.5, 0.6) is 0 Å². The van der Waals surface area contributed by atoms with Gasteiger partial charge in [-0.05, 0) is 42.4 Å². The Bertz CT molecular complexity index is 1250. The zero-order chi connectivity index (χ0) is 23.9. The molecule has 1 unspecified atom stereocenters. The van der Waals surface area contributed by atoms with Crippen LogP contribution in [-0.2, 0) is 28.8 Å². The lowest BCUT2D eigenvalue weighted by molar-refractivity contribution is -0.00603. The molecular weight excluding hydrogens is 450 g/mol. The van der Waals surface area contributed by atoms with Gasteiger partial charge in [0.2, 0.25) is 16.0 Å². The number of rotatable bonds is 4. The molecule has 0 saturated carbocycles. The first-order valence-electron chi connectivity index (χ1n) is 11.1. The summed E-state index contributed by atoms with van der Waals surface area (Å²) < 4.78 is 56.0. The summed E-state index contributed by atoms with van der Waals surface area (Å²) in [7, 11) is -3.41. The van der Waals surface area contributed by atoms with E-state index in [0.717, 1.165) is 22.9 Å². The molecule has 1 aromatic carbocycles. The number of fused-ring (bicyclic) bond motifs is 2. The molecule has 1 aliphatic heterocycles. The minimum atomic E-state index is -3.41. The third kappa shape index (κ3) is 3.72. The summed E-state index contributed by atoms with van der Waals surface area (Å²) in [6.45, 7) is 6.14. The molecule has 1 aromatic heterocycles. The summed E-state index contributed by atoms with van der Waals surface area (Å²) in [6, 6.07) is 5.04. The maximum Gasteiger partial charge on any atom is 0.290 e. The maximum atomic E-state index is 14.7. The van der Waals surface area contributed by atoms with Crippen LogP contribution in [0.15, 0.2) is 18.2 Å². The number of alkyl halides is 2. The van der Waals surface area contributed by atoms with Gasteiger partial charge in [-0.3, -0.25) is 0 Å². The van der Waals surface area contributed by atoms with Crippen molar-refractivity contribution in [1.82, 2.24) is 14.7 Å². The molecule has 3 atom stereocenters. The molecule has 2 N–H and O–H groups in total. The Balaban J connectivity index is 1.60. The van der Waals surface area contributed by atoms with Crippen molar-refractivity contribution in [3.63, 3.8) is 0 Å². The van der Waals surface area contributed by atoms with E-state index in [4.69, 9.17) is 0 Å². The van der Waals surface area contributed by atoms with Crippen molar-refractivity contribution >= 4 is 16.0 Å². The molecule has 2 aromatic rings. The van der Waals surface area contributed by atoms with Crippen LogP contribution in [0.2, 0.25) is 0 Å². The van der Waals surface area contributed by atoms with E-state index < -0.39 is 22.0 Å². The minimum absolute atomic E-state index is 0.191. The van der Waals surface area contributed by atoms with Crippen molar-refractivity contribution in [2.45, 2.75) is 64.1 Å². The second-order valence-electron chi connectivity index (χ2n) is 10.3. The van der Waals surface area contributed by atoms with Crippen molar-refractivity contribution in [2.24, 2.45) is 5.41 Å². The molecule has 2 heterocycles. The number of aliphatic hydroxyl groups is 1. The molecule has 2 aliphatic carbocycles. The molecular formula is C23H28F2N4O3S. The van der Waals surface area contributed by atoms with Gasteiger partial charge in [-0.15, -0.1) is 0 Å². The quantitative estimate of drug-likeness (QED) is 0.702. The lowest BCUT2D eigenvalue weighted by atomic mass is 9.86. The minimum Gasteiger partial charge on any atom is -0.389 e. The highest BCUT2D eigenvalue weighted by Gasteiger charge is 2.45. The lowest BCUT2D eigenvalue weighted by Crippen LogP contribution is -2.59. The molecule has 5 rings (SSSR count). The average molecular weight is 479 g/mol. The number of halogens is 2. The number of hydrogen-bond acceptors (Lipinski definition) is 6. The highest BCUT2D eigenvalue weighted by atomic mass is 32.2. The standard InChI is InChI=1S/C23H28F2N4O3S/c1-12-17(30)11-29(12)21-26-18(16-7-8-23(24,25)20(16)27-21)13-5-6-15-14(9-13)10-22(2,3)19(15)28-33(4,31)32/h5-6,9,12,17,19,28,30H,7-8,10-11H2,1-4H3/t12-,17+,19?/m0/s1. The summed E-state index contributed by atoms with van der Waals surface area (Å²) in [4.78, 5) is 10.7. The van der Waals surface area contributed by atoms with Gasteiger partial charge in [0.05, 0.1) is 30.1 Å². The van der Waals surface area contributed by atoms with E-state index in [2.05, 4.69) is 14.7 Å². The SMILES string of the molecule is C[C@H]1[C@H](O)CN1c1nc(-c2ccc3c(c2)CC(C)(C)C3NS(C)(=O)=O)c2c(n1)C(F)(F)CC2. The third-order valence-electron chi connectivity index (χ3n) is 7.21. The van der Waals surface area contributed by atoms with Crippen LogP contribution in [0, 0.1) is 5.41 Å². The van der Waals surface area contributed by atoms with E-state index in [1.807, 2.05) is 39.0 Å². The second kappa shape index (κ2) is 7.16. The smallest absolute Gasteiger partial charge is 0.290 e. The Labute approximate surface area is 192 Å². The Hall–Kier alpha value is -2.17. The first kappa shape index (κ1) is 22.6. The van der Waals surface area contributed by atoms with Gasteiger partial charge in [0.15, 0.2) is 0 Å². The van der Waals surface area contributed by atoms with Crippen LogP contribution in [-0.4, -0.2) is 48.4 Å². The van der Waals surface area contributed by atoms with Crippen molar-refractivity contribution in [1.29, 1.82) is 0 Å². The number of aromatic nitrogens is 2. The highest BCUT2D eigenvalue weighted by Crippen LogP contribution is 2.48. The first-order chi connectivity index (χ1) is 15.3. The number of anilines is 1. The van der Waals surface area contributed by atoms with Crippen LogP contribution >= 0.6 is 0 Å². The van der Waals surface area contributed by atoms with E-state index in [1.54, 1.807) is 4.90 Å². The van der Waals surface area contributed by atoms with Crippen LogP contribution < -0.4 is 9.62 Å². The largest absolute Gasteiger partial charge is 0.389 e.